The number of anilines is 1. The molecule has 0 radical (unpaired) electrons. The Morgan fingerprint density at radius 2 is 2.00 bits per heavy atom. The molecule has 1 saturated carbocycles. The summed E-state index contributed by atoms with van der Waals surface area (Å²) in [4.78, 5) is 12.1. The van der Waals surface area contributed by atoms with E-state index in [1.807, 2.05) is 6.92 Å². The quantitative estimate of drug-likeness (QED) is 0.843. The number of quaternary nitrogens is 1. The third-order valence-electron chi connectivity index (χ3n) is 4.26. The Balaban J connectivity index is 1.98. The summed E-state index contributed by atoms with van der Waals surface area (Å²) in [6, 6.07) is 5.41. The summed E-state index contributed by atoms with van der Waals surface area (Å²) < 4.78 is 14.4. The van der Waals surface area contributed by atoms with Crippen LogP contribution in [0.4, 0.5) is 10.1 Å². The Labute approximate surface area is 120 Å². The molecular weight excluding hydrogens is 255 g/mol. The molecule has 1 aromatic carbocycles. The number of benzene rings is 1. The summed E-state index contributed by atoms with van der Waals surface area (Å²) in [5.41, 5.74) is 1.12. The van der Waals surface area contributed by atoms with E-state index < -0.39 is 0 Å². The number of rotatable bonds is 4. The summed E-state index contributed by atoms with van der Waals surface area (Å²) in [7, 11) is 4.17. The van der Waals surface area contributed by atoms with Crippen LogP contribution in [-0.4, -0.2) is 37.1 Å². The fourth-order valence-corrected chi connectivity index (χ4v) is 3.01. The number of carbonyl (C=O) groups is 1. The minimum Gasteiger partial charge on any atom is -0.319 e. The number of halogens is 1. The Morgan fingerprint density at radius 3 is 2.60 bits per heavy atom. The lowest BCUT2D eigenvalue weighted by Crippen LogP contribution is -2.51. The summed E-state index contributed by atoms with van der Waals surface area (Å²) in [5, 5.41) is 2.69. The third kappa shape index (κ3) is 3.57. The van der Waals surface area contributed by atoms with E-state index >= 15 is 0 Å². The van der Waals surface area contributed by atoms with E-state index in [1.54, 1.807) is 12.1 Å². The molecule has 110 valence electrons. The standard InChI is InChI=1S/C16H23FN2O/c1-12-8-9-15(14(17)10-12)18-16(20)11-19(2,3)13-6-4-5-7-13/h8-10,13H,4-7,11H2,1-3H3/p+1. The van der Waals surface area contributed by atoms with E-state index in [2.05, 4.69) is 19.4 Å². The lowest BCUT2D eigenvalue weighted by atomic mass is 10.2. The lowest BCUT2D eigenvalue weighted by Gasteiger charge is -2.35. The third-order valence-corrected chi connectivity index (χ3v) is 4.26. The zero-order valence-electron chi connectivity index (χ0n) is 12.6. The Kier molecular flexibility index (Phi) is 4.43. The molecule has 20 heavy (non-hydrogen) atoms. The zero-order chi connectivity index (χ0) is 14.8. The molecule has 1 fully saturated rings. The van der Waals surface area contributed by atoms with E-state index in [0.29, 0.717) is 17.1 Å². The van der Waals surface area contributed by atoms with E-state index in [4.69, 9.17) is 0 Å². The topological polar surface area (TPSA) is 29.1 Å². The molecule has 0 atom stereocenters. The smallest absolute Gasteiger partial charge is 0.279 e. The molecule has 2 rings (SSSR count). The number of nitrogens with zero attached hydrogens (tertiary/aromatic N) is 1. The molecule has 1 amide bonds. The molecule has 0 heterocycles. The molecule has 1 aliphatic rings. The molecule has 3 nitrogen and oxygen atoms in total. The van der Waals surface area contributed by atoms with E-state index in [0.717, 1.165) is 5.56 Å². The average molecular weight is 279 g/mol. The van der Waals surface area contributed by atoms with Crippen LogP contribution in [0.3, 0.4) is 0 Å². The van der Waals surface area contributed by atoms with Gasteiger partial charge in [0.15, 0.2) is 6.54 Å². The summed E-state index contributed by atoms with van der Waals surface area (Å²) in [6.45, 7) is 2.22. The first-order valence-corrected chi connectivity index (χ1v) is 7.27. The number of likely N-dealkylation sites (N-methyl/N-ethyl adjacent to an activating group) is 1. The number of aryl methyl sites for hydroxylation is 1. The Morgan fingerprint density at radius 1 is 1.35 bits per heavy atom. The average Bonchev–Trinajstić information content (AvgIpc) is 2.86. The SMILES string of the molecule is Cc1ccc(NC(=O)C[N+](C)(C)C2CCCC2)c(F)c1. The molecule has 0 aromatic heterocycles. The van der Waals surface area contributed by atoms with Crippen LogP contribution in [0.5, 0.6) is 0 Å². The van der Waals surface area contributed by atoms with Crippen molar-refractivity contribution in [3.8, 4) is 0 Å². The van der Waals surface area contributed by atoms with Crippen molar-refractivity contribution in [2.45, 2.75) is 38.6 Å². The number of hydrogen-bond acceptors (Lipinski definition) is 1. The first-order chi connectivity index (χ1) is 9.38. The second-order valence-corrected chi connectivity index (χ2v) is 6.41. The van der Waals surface area contributed by atoms with Crippen molar-refractivity contribution in [3.05, 3.63) is 29.6 Å². The van der Waals surface area contributed by atoms with Gasteiger partial charge >= 0.3 is 0 Å². The van der Waals surface area contributed by atoms with Gasteiger partial charge in [-0.3, -0.25) is 4.79 Å². The van der Waals surface area contributed by atoms with Crippen LogP contribution in [0.15, 0.2) is 18.2 Å². The highest BCUT2D eigenvalue weighted by Gasteiger charge is 2.33. The van der Waals surface area contributed by atoms with Gasteiger partial charge in [0.1, 0.15) is 5.82 Å². The maximum atomic E-state index is 13.7. The van der Waals surface area contributed by atoms with E-state index in [9.17, 15) is 9.18 Å². The minimum atomic E-state index is -0.371. The molecule has 0 spiro atoms. The molecular formula is C16H24FN2O+. The van der Waals surface area contributed by atoms with E-state index in [1.165, 1.54) is 31.7 Å². The van der Waals surface area contributed by atoms with Gasteiger partial charge in [-0.15, -0.1) is 0 Å². The maximum absolute atomic E-state index is 13.7. The van der Waals surface area contributed by atoms with Crippen LogP contribution in [-0.2, 0) is 4.79 Å². The fraction of sp³-hybridized carbons (Fsp3) is 0.562. The molecule has 4 heteroatoms. The second-order valence-electron chi connectivity index (χ2n) is 6.41. The highest BCUT2D eigenvalue weighted by Crippen LogP contribution is 2.26. The molecule has 1 N–H and O–H groups in total. The van der Waals surface area contributed by atoms with Gasteiger partial charge in [-0.05, 0) is 50.3 Å². The summed E-state index contributed by atoms with van der Waals surface area (Å²) in [6.07, 6.45) is 4.86. The molecule has 1 aliphatic carbocycles. The van der Waals surface area contributed by atoms with Gasteiger partial charge < -0.3 is 9.80 Å². The van der Waals surface area contributed by atoms with Crippen LogP contribution >= 0.6 is 0 Å². The summed E-state index contributed by atoms with van der Waals surface area (Å²) in [5.74, 6) is -0.492. The van der Waals surface area contributed by atoms with Crippen LogP contribution in [0.25, 0.3) is 0 Å². The first kappa shape index (κ1) is 15.0. The van der Waals surface area contributed by atoms with Crippen molar-refractivity contribution >= 4 is 11.6 Å². The minimum absolute atomic E-state index is 0.121. The van der Waals surface area contributed by atoms with E-state index in [-0.39, 0.29) is 17.4 Å². The van der Waals surface area contributed by atoms with Gasteiger partial charge in [0.25, 0.3) is 5.91 Å². The zero-order valence-corrected chi connectivity index (χ0v) is 12.6. The number of nitrogens with one attached hydrogen (secondary N) is 1. The van der Waals surface area contributed by atoms with Crippen LogP contribution in [0.2, 0.25) is 0 Å². The Bertz CT molecular complexity index is 493. The van der Waals surface area contributed by atoms with Crippen molar-refractivity contribution in [1.82, 2.24) is 0 Å². The monoisotopic (exact) mass is 279 g/mol. The second kappa shape index (κ2) is 5.92. The normalized spacial score (nSPS) is 16.4. The lowest BCUT2D eigenvalue weighted by molar-refractivity contribution is -0.906. The largest absolute Gasteiger partial charge is 0.319 e. The highest BCUT2D eigenvalue weighted by atomic mass is 19.1. The van der Waals surface area contributed by atoms with Crippen molar-refractivity contribution in [3.63, 3.8) is 0 Å². The molecule has 0 aliphatic heterocycles. The fourth-order valence-electron chi connectivity index (χ4n) is 3.01. The van der Waals surface area contributed by atoms with Gasteiger partial charge in [-0.25, -0.2) is 4.39 Å². The predicted octanol–water partition coefficient (Wildman–Crippen LogP) is 3.09. The van der Waals surface area contributed by atoms with Gasteiger partial charge in [-0.1, -0.05) is 6.07 Å². The first-order valence-electron chi connectivity index (χ1n) is 7.27. The molecule has 0 unspecified atom stereocenters. The van der Waals surface area contributed by atoms with Crippen LogP contribution in [0, 0.1) is 12.7 Å². The van der Waals surface area contributed by atoms with Crippen molar-refractivity contribution in [1.29, 1.82) is 0 Å². The predicted molar refractivity (Wildman–Crippen MR) is 79.0 cm³/mol. The van der Waals surface area contributed by atoms with Crippen molar-refractivity contribution < 1.29 is 13.7 Å². The highest BCUT2D eigenvalue weighted by molar-refractivity contribution is 5.91. The number of carbonyl (C=O) groups excluding carboxylic acids is 1. The molecule has 1 aromatic rings. The molecule has 0 saturated heterocycles. The van der Waals surface area contributed by atoms with Gasteiger partial charge in [0.2, 0.25) is 0 Å². The number of amides is 1. The van der Waals surface area contributed by atoms with Gasteiger partial charge in [0, 0.05) is 0 Å². The van der Waals surface area contributed by atoms with Crippen molar-refractivity contribution in [2.24, 2.45) is 0 Å². The summed E-state index contributed by atoms with van der Waals surface area (Å²) >= 11 is 0. The van der Waals surface area contributed by atoms with Gasteiger partial charge in [-0.2, -0.15) is 0 Å². The van der Waals surface area contributed by atoms with Crippen LogP contribution < -0.4 is 5.32 Å². The van der Waals surface area contributed by atoms with Crippen LogP contribution in [0.1, 0.15) is 31.2 Å². The van der Waals surface area contributed by atoms with Crippen molar-refractivity contribution in [2.75, 3.05) is 26.0 Å². The molecule has 0 bridgehead atoms. The number of hydrogen-bond donors (Lipinski definition) is 1. The van der Waals surface area contributed by atoms with Gasteiger partial charge in [0.05, 0.1) is 25.8 Å². The maximum Gasteiger partial charge on any atom is 0.279 e. The Hall–Kier alpha value is -1.42.